The molecule has 0 aromatic carbocycles. The Balaban J connectivity index is 2.64. The first-order chi connectivity index (χ1) is 5.24. The van der Waals surface area contributed by atoms with Gasteiger partial charge in [0.25, 0.3) is 0 Å². The molecule has 1 aromatic rings. The third-order valence-corrected chi connectivity index (χ3v) is 2.25. The van der Waals surface area contributed by atoms with Crippen LogP contribution in [0.15, 0.2) is 11.4 Å². The molecule has 0 aliphatic rings. The largest absolute Gasteiger partial charge is 0.341 e. The Bertz CT molecular complexity index is 257. The third kappa shape index (κ3) is 1.94. The highest BCUT2D eigenvalue weighted by Crippen LogP contribution is 2.21. The van der Waals surface area contributed by atoms with Gasteiger partial charge in [0.1, 0.15) is 0 Å². The Morgan fingerprint density at radius 2 is 2.36 bits per heavy atom. The summed E-state index contributed by atoms with van der Waals surface area (Å²) < 4.78 is 0. The number of amides is 2. The molecule has 60 valence electrons. The standard InChI is InChI=1S/C7H10N2OS/c1-5-3-4-11-6(5)9-7(10)8-2/h3-4H,1-2H3,(H2,8,9,10). The first kappa shape index (κ1) is 8.07. The molecule has 3 nitrogen and oxygen atoms in total. The maximum atomic E-state index is 10.8. The van der Waals surface area contributed by atoms with Crippen LogP contribution in [0.4, 0.5) is 9.80 Å². The topological polar surface area (TPSA) is 41.1 Å². The van der Waals surface area contributed by atoms with Gasteiger partial charge in [-0.25, -0.2) is 4.79 Å². The van der Waals surface area contributed by atoms with Gasteiger partial charge in [0.15, 0.2) is 0 Å². The monoisotopic (exact) mass is 170 g/mol. The summed E-state index contributed by atoms with van der Waals surface area (Å²) in [7, 11) is 1.60. The molecule has 0 atom stereocenters. The van der Waals surface area contributed by atoms with Gasteiger partial charge in [0.05, 0.1) is 5.00 Å². The molecule has 0 radical (unpaired) electrons. The van der Waals surface area contributed by atoms with Crippen LogP contribution in [0.3, 0.4) is 0 Å². The number of nitrogens with one attached hydrogen (secondary N) is 2. The molecule has 0 aliphatic carbocycles. The van der Waals surface area contributed by atoms with E-state index in [1.165, 1.54) is 11.3 Å². The SMILES string of the molecule is CNC(=O)Nc1sccc1C. The molecule has 0 spiro atoms. The van der Waals surface area contributed by atoms with Gasteiger partial charge < -0.3 is 5.32 Å². The average molecular weight is 170 g/mol. The second-order valence-corrected chi connectivity index (χ2v) is 3.05. The lowest BCUT2D eigenvalue weighted by molar-refractivity contribution is 0.254. The number of carbonyl (C=O) groups is 1. The van der Waals surface area contributed by atoms with Crippen molar-refractivity contribution in [1.82, 2.24) is 5.32 Å². The molecule has 0 aliphatic heterocycles. The predicted octanol–water partition coefficient (Wildman–Crippen LogP) is 1.81. The quantitative estimate of drug-likeness (QED) is 0.663. The smallest absolute Gasteiger partial charge is 0.319 e. The Morgan fingerprint density at radius 3 is 2.82 bits per heavy atom. The van der Waals surface area contributed by atoms with Crippen molar-refractivity contribution in [1.29, 1.82) is 0 Å². The van der Waals surface area contributed by atoms with Crippen LogP contribution < -0.4 is 10.6 Å². The molecule has 1 aromatic heterocycles. The zero-order chi connectivity index (χ0) is 8.27. The van der Waals surface area contributed by atoms with Crippen LogP contribution in [0.5, 0.6) is 0 Å². The van der Waals surface area contributed by atoms with E-state index in [1.54, 1.807) is 7.05 Å². The normalized spacial score (nSPS) is 9.27. The van der Waals surface area contributed by atoms with E-state index < -0.39 is 0 Å². The molecule has 1 heterocycles. The Hall–Kier alpha value is -1.03. The molecule has 0 bridgehead atoms. The molecular weight excluding hydrogens is 160 g/mol. The van der Waals surface area contributed by atoms with E-state index in [4.69, 9.17) is 0 Å². The minimum Gasteiger partial charge on any atom is -0.341 e. The van der Waals surface area contributed by atoms with Gasteiger partial charge in [0, 0.05) is 7.05 Å². The second kappa shape index (κ2) is 3.39. The fourth-order valence-electron chi connectivity index (χ4n) is 0.666. The van der Waals surface area contributed by atoms with Gasteiger partial charge in [0.2, 0.25) is 0 Å². The number of aryl methyl sites for hydroxylation is 1. The fraction of sp³-hybridized carbons (Fsp3) is 0.286. The molecule has 4 heteroatoms. The summed E-state index contributed by atoms with van der Waals surface area (Å²) in [4.78, 5) is 10.8. The number of urea groups is 1. The van der Waals surface area contributed by atoms with E-state index in [0.29, 0.717) is 0 Å². The molecule has 0 unspecified atom stereocenters. The zero-order valence-corrected chi connectivity index (χ0v) is 7.29. The molecule has 0 saturated heterocycles. The number of anilines is 1. The maximum absolute atomic E-state index is 10.8. The number of rotatable bonds is 1. The molecule has 0 saturated carbocycles. The Morgan fingerprint density at radius 1 is 1.64 bits per heavy atom. The van der Waals surface area contributed by atoms with E-state index >= 15 is 0 Å². The van der Waals surface area contributed by atoms with Crippen LogP contribution in [0.1, 0.15) is 5.56 Å². The second-order valence-electron chi connectivity index (χ2n) is 2.14. The van der Waals surface area contributed by atoms with Gasteiger partial charge in [-0.05, 0) is 23.9 Å². The lowest BCUT2D eigenvalue weighted by Gasteiger charge is -2.01. The van der Waals surface area contributed by atoms with Gasteiger partial charge in [-0.1, -0.05) is 0 Å². The summed E-state index contributed by atoms with van der Waals surface area (Å²) in [6.45, 7) is 1.96. The average Bonchev–Trinajstić information content (AvgIpc) is 2.37. The van der Waals surface area contributed by atoms with Gasteiger partial charge in [-0.15, -0.1) is 11.3 Å². The van der Waals surface area contributed by atoms with Gasteiger partial charge >= 0.3 is 6.03 Å². The molecule has 0 fully saturated rings. The van der Waals surface area contributed by atoms with Crippen molar-refractivity contribution in [2.75, 3.05) is 12.4 Å². The summed E-state index contributed by atoms with van der Waals surface area (Å²) in [5.74, 6) is 0. The van der Waals surface area contributed by atoms with Gasteiger partial charge in [-0.3, -0.25) is 5.32 Å². The van der Waals surface area contributed by atoms with Crippen LogP contribution in [0, 0.1) is 6.92 Å². The summed E-state index contributed by atoms with van der Waals surface area (Å²) in [5.41, 5.74) is 1.10. The summed E-state index contributed by atoms with van der Waals surface area (Å²) in [6, 6.07) is 1.80. The number of hydrogen-bond acceptors (Lipinski definition) is 2. The van der Waals surface area contributed by atoms with Crippen LogP contribution in [0.25, 0.3) is 0 Å². The highest BCUT2D eigenvalue weighted by molar-refractivity contribution is 7.14. The molecule has 11 heavy (non-hydrogen) atoms. The van der Waals surface area contributed by atoms with Crippen molar-refractivity contribution >= 4 is 22.4 Å². The minimum atomic E-state index is -0.171. The maximum Gasteiger partial charge on any atom is 0.319 e. The van der Waals surface area contributed by atoms with Crippen molar-refractivity contribution in [3.63, 3.8) is 0 Å². The van der Waals surface area contributed by atoms with E-state index in [-0.39, 0.29) is 6.03 Å². The summed E-state index contributed by atoms with van der Waals surface area (Å²) in [6.07, 6.45) is 0. The lowest BCUT2D eigenvalue weighted by atomic mass is 10.4. The van der Waals surface area contributed by atoms with E-state index in [1.807, 2.05) is 18.4 Å². The third-order valence-electron chi connectivity index (χ3n) is 1.32. The van der Waals surface area contributed by atoms with Crippen molar-refractivity contribution in [3.05, 3.63) is 17.0 Å². The number of hydrogen-bond donors (Lipinski definition) is 2. The zero-order valence-electron chi connectivity index (χ0n) is 6.47. The van der Waals surface area contributed by atoms with Crippen LogP contribution in [-0.2, 0) is 0 Å². The first-order valence-corrected chi connectivity index (χ1v) is 4.15. The Labute approximate surface area is 69.4 Å². The fourth-order valence-corrected chi connectivity index (χ4v) is 1.48. The summed E-state index contributed by atoms with van der Waals surface area (Å²) >= 11 is 1.52. The van der Waals surface area contributed by atoms with E-state index in [2.05, 4.69) is 10.6 Å². The van der Waals surface area contributed by atoms with Crippen molar-refractivity contribution < 1.29 is 4.79 Å². The van der Waals surface area contributed by atoms with E-state index in [9.17, 15) is 4.79 Å². The summed E-state index contributed by atoms with van der Waals surface area (Å²) in [5, 5.41) is 8.05. The lowest BCUT2D eigenvalue weighted by Crippen LogP contribution is -2.24. The molecule has 2 amide bonds. The Kier molecular flexibility index (Phi) is 2.48. The highest BCUT2D eigenvalue weighted by Gasteiger charge is 2.01. The van der Waals surface area contributed by atoms with Crippen molar-refractivity contribution in [2.45, 2.75) is 6.92 Å². The van der Waals surface area contributed by atoms with E-state index in [0.717, 1.165) is 10.6 Å². The molecule has 1 rings (SSSR count). The first-order valence-electron chi connectivity index (χ1n) is 3.27. The predicted molar refractivity (Wildman–Crippen MR) is 47.1 cm³/mol. The van der Waals surface area contributed by atoms with Crippen molar-refractivity contribution in [2.24, 2.45) is 0 Å². The number of thiophene rings is 1. The minimum absolute atomic E-state index is 0.171. The highest BCUT2D eigenvalue weighted by atomic mass is 32.1. The van der Waals surface area contributed by atoms with Gasteiger partial charge in [-0.2, -0.15) is 0 Å². The molecular formula is C7H10N2OS. The van der Waals surface area contributed by atoms with Crippen LogP contribution >= 0.6 is 11.3 Å². The molecule has 2 N–H and O–H groups in total. The van der Waals surface area contributed by atoms with Crippen LogP contribution in [0.2, 0.25) is 0 Å². The number of carbonyl (C=O) groups excluding carboxylic acids is 1. The van der Waals surface area contributed by atoms with Crippen molar-refractivity contribution in [3.8, 4) is 0 Å². The van der Waals surface area contributed by atoms with Crippen LogP contribution in [-0.4, -0.2) is 13.1 Å².